The Balaban J connectivity index is 1.59. The first-order chi connectivity index (χ1) is 10.7. The molecule has 1 fully saturated rings. The topological polar surface area (TPSA) is 55.1 Å². The monoisotopic (exact) mass is 294 g/mol. The molecule has 114 valence electrons. The Morgan fingerprint density at radius 1 is 1.05 bits per heavy atom. The Morgan fingerprint density at radius 2 is 1.73 bits per heavy atom. The first kappa shape index (κ1) is 14.6. The number of nitrogens with one attached hydrogen (secondary N) is 1. The van der Waals surface area contributed by atoms with Crippen molar-refractivity contribution in [2.24, 2.45) is 0 Å². The van der Waals surface area contributed by atoms with E-state index in [9.17, 15) is 4.79 Å². The molecule has 1 aliphatic carbocycles. The van der Waals surface area contributed by atoms with Crippen molar-refractivity contribution in [2.75, 3.05) is 12.3 Å². The number of hydrogen-bond donors (Lipinski definition) is 2. The maximum atomic E-state index is 12.2. The molecule has 1 saturated carbocycles. The van der Waals surface area contributed by atoms with Gasteiger partial charge >= 0.3 is 0 Å². The van der Waals surface area contributed by atoms with E-state index in [1.807, 2.05) is 30.3 Å². The molecular formula is C19H22N2O. The van der Waals surface area contributed by atoms with Crippen LogP contribution in [0.2, 0.25) is 0 Å². The van der Waals surface area contributed by atoms with E-state index in [1.165, 1.54) is 12.0 Å². The quantitative estimate of drug-likeness (QED) is 0.833. The smallest absolute Gasteiger partial charge is 0.224 e. The number of anilines is 1. The molecule has 0 aliphatic heterocycles. The van der Waals surface area contributed by atoms with Crippen molar-refractivity contribution < 1.29 is 4.79 Å². The molecule has 0 radical (unpaired) electrons. The normalized spacial score (nSPS) is 15.8. The molecule has 0 heterocycles. The predicted octanol–water partition coefficient (Wildman–Crippen LogP) is 3.05. The summed E-state index contributed by atoms with van der Waals surface area (Å²) in [5.74, 6) is 0.0759. The lowest BCUT2D eigenvalue weighted by Gasteiger charge is -2.42. The van der Waals surface area contributed by atoms with Crippen LogP contribution in [0.1, 0.15) is 30.4 Å². The molecule has 22 heavy (non-hydrogen) atoms. The summed E-state index contributed by atoms with van der Waals surface area (Å²) < 4.78 is 0. The molecule has 3 nitrogen and oxygen atoms in total. The molecule has 0 aromatic heterocycles. The molecule has 0 spiro atoms. The van der Waals surface area contributed by atoms with Gasteiger partial charge in [0.1, 0.15) is 0 Å². The molecule has 2 aromatic carbocycles. The van der Waals surface area contributed by atoms with E-state index in [-0.39, 0.29) is 11.3 Å². The highest BCUT2D eigenvalue weighted by atomic mass is 16.1. The van der Waals surface area contributed by atoms with Gasteiger partial charge in [-0.2, -0.15) is 0 Å². The van der Waals surface area contributed by atoms with Gasteiger partial charge in [-0.3, -0.25) is 4.79 Å². The minimum atomic E-state index is 0.0759. The average Bonchev–Trinajstić information content (AvgIpc) is 2.50. The molecule has 3 N–H and O–H groups in total. The van der Waals surface area contributed by atoms with Crippen molar-refractivity contribution in [1.82, 2.24) is 5.32 Å². The Kier molecular flexibility index (Phi) is 4.14. The van der Waals surface area contributed by atoms with Gasteiger partial charge in [-0.05, 0) is 36.1 Å². The second-order valence-electron chi connectivity index (χ2n) is 6.19. The van der Waals surface area contributed by atoms with Crippen molar-refractivity contribution >= 4 is 11.6 Å². The standard InChI is InChI=1S/C19H22N2O/c20-17-9-7-15(8-10-17)13-18(22)21-14-19(11-4-12-19)16-5-2-1-3-6-16/h1-3,5-10H,4,11-14,20H2,(H,21,22). The number of amides is 1. The second-order valence-corrected chi connectivity index (χ2v) is 6.19. The number of benzene rings is 2. The first-order valence-corrected chi connectivity index (χ1v) is 7.85. The van der Waals surface area contributed by atoms with E-state index in [0.29, 0.717) is 6.42 Å². The van der Waals surface area contributed by atoms with Gasteiger partial charge in [0.2, 0.25) is 5.91 Å². The molecule has 0 saturated heterocycles. The largest absolute Gasteiger partial charge is 0.399 e. The number of nitrogens with two attached hydrogens (primary N) is 1. The molecule has 0 bridgehead atoms. The fourth-order valence-corrected chi connectivity index (χ4v) is 3.11. The number of rotatable bonds is 5. The highest BCUT2D eigenvalue weighted by molar-refractivity contribution is 5.78. The van der Waals surface area contributed by atoms with E-state index in [0.717, 1.165) is 30.6 Å². The van der Waals surface area contributed by atoms with E-state index in [4.69, 9.17) is 5.73 Å². The number of carbonyl (C=O) groups excluding carboxylic acids is 1. The lowest BCUT2D eigenvalue weighted by atomic mass is 9.64. The fourth-order valence-electron chi connectivity index (χ4n) is 3.11. The van der Waals surface area contributed by atoms with Crippen LogP contribution < -0.4 is 11.1 Å². The highest BCUT2D eigenvalue weighted by Crippen LogP contribution is 2.43. The number of hydrogen-bond acceptors (Lipinski definition) is 2. The summed E-state index contributed by atoms with van der Waals surface area (Å²) in [4.78, 5) is 12.2. The minimum absolute atomic E-state index is 0.0759. The first-order valence-electron chi connectivity index (χ1n) is 7.85. The van der Waals surface area contributed by atoms with Gasteiger partial charge < -0.3 is 11.1 Å². The summed E-state index contributed by atoms with van der Waals surface area (Å²) in [5.41, 5.74) is 8.86. The molecule has 1 aliphatic rings. The zero-order valence-electron chi connectivity index (χ0n) is 12.7. The third-order valence-electron chi connectivity index (χ3n) is 4.67. The van der Waals surface area contributed by atoms with E-state index < -0.39 is 0 Å². The second kappa shape index (κ2) is 6.22. The molecule has 0 unspecified atom stereocenters. The Hall–Kier alpha value is -2.29. The highest BCUT2D eigenvalue weighted by Gasteiger charge is 2.38. The molecule has 3 rings (SSSR count). The van der Waals surface area contributed by atoms with Crippen molar-refractivity contribution in [2.45, 2.75) is 31.1 Å². The number of nitrogen functional groups attached to an aromatic ring is 1. The number of carbonyl (C=O) groups is 1. The summed E-state index contributed by atoms with van der Waals surface area (Å²) in [6.07, 6.45) is 3.95. The summed E-state index contributed by atoms with van der Waals surface area (Å²) in [6.45, 7) is 0.727. The lowest BCUT2D eigenvalue weighted by molar-refractivity contribution is -0.120. The Morgan fingerprint density at radius 3 is 2.32 bits per heavy atom. The van der Waals surface area contributed by atoms with Crippen molar-refractivity contribution in [3.05, 3.63) is 65.7 Å². The molecule has 3 heteroatoms. The van der Waals surface area contributed by atoms with Gasteiger partial charge in [-0.1, -0.05) is 48.9 Å². The van der Waals surface area contributed by atoms with Crippen LogP contribution in [0.25, 0.3) is 0 Å². The summed E-state index contributed by atoms with van der Waals surface area (Å²) >= 11 is 0. The van der Waals surface area contributed by atoms with Crippen molar-refractivity contribution in [1.29, 1.82) is 0 Å². The zero-order chi connectivity index (χ0) is 15.4. The van der Waals surface area contributed by atoms with Crippen LogP contribution >= 0.6 is 0 Å². The predicted molar refractivity (Wildman–Crippen MR) is 89.5 cm³/mol. The van der Waals surface area contributed by atoms with E-state index in [2.05, 4.69) is 29.6 Å². The van der Waals surface area contributed by atoms with E-state index in [1.54, 1.807) is 0 Å². The van der Waals surface area contributed by atoms with Crippen LogP contribution in [0.4, 0.5) is 5.69 Å². The summed E-state index contributed by atoms with van der Waals surface area (Å²) in [6, 6.07) is 18.0. The van der Waals surface area contributed by atoms with Gasteiger partial charge in [-0.15, -0.1) is 0 Å². The molecule has 0 atom stereocenters. The summed E-state index contributed by atoms with van der Waals surface area (Å²) in [5, 5.41) is 3.12. The molecule has 2 aromatic rings. The Bertz CT molecular complexity index is 630. The van der Waals surface area contributed by atoms with Crippen LogP contribution in [-0.2, 0) is 16.6 Å². The van der Waals surface area contributed by atoms with Gasteiger partial charge in [-0.25, -0.2) is 0 Å². The van der Waals surface area contributed by atoms with Gasteiger partial charge in [0.15, 0.2) is 0 Å². The molecular weight excluding hydrogens is 272 g/mol. The van der Waals surface area contributed by atoms with Crippen molar-refractivity contribution in [3.63, 3.8) is 0 Å². The van der Waals surface area contributed by atoms with Crippen LogP contribution in [0.5, 0.6) is 0 Å². The Labute approximate surface area is 131 Å². The van der Waals surface area contributed by atoms with Gasteiger partial charge in [0, 0.05) is 17.6 Å². The SMILES string of the molecule is Nc1ccc(CC(=O)NCC2(c3ccccc3)CCC2)cc1. The van der Waals surface area contributed by atoms with E-state index >= 15 is 0 Å². The molecule has 1 amide bonds. The third kappa shape index (κ3) is 3.14. The maximum Gasteiger partial charge on any atom is 0.224 e. The van der Waals surface area contributed by atoms with Gasteiger partial charge in [0.25, 0.3) is 0 Å². The van der Waals surface area contributed by atoms with Gasteiger partial charge in [0.05, 0.1) is 6.42 Å². The van der Waals surface area contributed by atoms with Crippen LogP contribution in [-0.4, -0.2) is 12.5 Å². The maximum absolute atomic E-state index is 12.2. The van der Waals surface area contributed by atoms with Crippen LogP contribution in [0.15, 0.2) is 54.6 Å². The van der Waals surface area contributed by atoms with Crippen molar-refractivity contribution in [3.8, 4) is 0 Å². The average molecular weight is 294 g/mol. The zero-order valence-corrected chi connectivity index (χ0v) is 12.7. The minimum Gasteiger partial charge on any atom is -0.399 e. The van der Waals surface area contributed by atoms with Crippen LogP contribution in [0.3, 0.4) is 0 Å². The lowest BCUT2D eigenvalue weighted by Crippen LogP contribution is -2.45. The fraction of sp³-hybridized carbons (Fsp3) is 0.316. The third-order valence-corrected chi connectivity index (χ3v) is 4.67. The van der Waals surface area contributed by atoms with Crippen LogP contribution in [0, 0.1) is 0 Å². The summed E-state index contributed by atoms with van der Waals surface area (Å²) in [7, 11) is 0.